The summed E-state index contributed by atoms with van der Waals surface area (Å²) in [6, 6.07) is 4.14. The number of aromatic hydroxyl groups is 1. The Kier molecular flexibility index (Phi) is 4.75. The molecule has 0 aliphatic heterocycles. The van der Waals surface area contributed by atoms with Gasteiger partial charge in [0.15, 0.2) is 11.5 Å². The number of nitrogens with one attached hydrogen (secondary N) is 1. The molecule has 1 aromatic rings. The quantitative estimate of drug-likeness (QED) is 0.872. The van der Waals surface area contributed by atoms with Crippen molar-refractivity contribution in [2.75, 3.05) is 7.11 Å². The summed E-state index contributed by atoms with van der Waals surface area (Å²) in [5.74, 6) is 0.754. The number of rotatable bonds is 3. The molecule has 3 nitrogen and oxygen atoms in total. The Morgan fingerprint density at radius 2 is 1.65 bits per heavy atom. The molecule has 0 aliphatic carbocycles. The second kappa shape index (κ2) is 5.65. The van der Waals surface area contributed by atoms with Crippen LogP contribution < -0.4 is 10.1 Å². The molecular formula is C17H29NO2. The predicted octanol–water partition coefficient (Wildman–Crippen LogP) is 4.18. The third kappa shape index (κ3) is 4.14. The van der Waals surface area contributed by atoms with E-state index >= 15 is 0 Å². The smallest absolute Gasteiger partial charge is 0.161 e. The molecule has 1 aromatic carbocycles. The van der Waals surface area contributed by atoms with Gasteiger partial charge in [0, 0.05) is 11.6 Å². The predicted molar refractivity (Wildman–Crippen MR) is 84.5 cm³/mol. The topological polar surface area (TPSA) is 41.5 Å². The van der Waals surface area contributed by atoms with Crippen molar-refractivity contribution in [3.05, 3.63) is 23.3 Å². The fraction of sp³-hybridized carbons (Fsp3) is 0.647. The zero-order valence-electron chi connectivity index (χ0n) is 14.1. The van der Waals surface area contributed by atoms with Gasteiger partial charge in [0.25, 0.3) is 0 Å². The molecule has 0 saturated heterocycles. The monoisotopic (exact) mass is 279 g/mol. The minimum absolute atomic E-state index is 0.0109. The highest BCUT2D eigenvalue weighted by Crippen LogP contribution is 2.39. The van der Waals surface area contributed by atoms with Crippen LogP contribution in [0.1, 0.15) is 58.7 Å². The zero-order valence-corrected chi connectivity index (χ0v) is 14.1. The number of hydrogen-bond acceptors (Lipinski definition) is 3. The first-order valence-corrected chi connectivity index (χ1v) is 7.11. The van der Waals surface area contributed by atoms with E-state index in [0.717, 1.165) is 11.1 Å². The van der Waals surface area contributed by atoms with Crippen LogP contribution in [0.25, 0.3) is 0 Å². The molecule has 1 atom stereocenters. The largest absolute Gasteiger partial charge is 0.504 e. The van der Waals surface area contributed by atoms with Gasteiger partial charge in [-0.25, -0.2) is 0 Å². The van der Waals surface area contributed by atoms with E-state index in [1.54, 1.807) is 7.11 Å². The normalized spacial score (nSPS) is 14.2. The van der Waals surface area contributed by atoms with Gasteiger partial charge in [-0.1, -0.05) is 26.8 Å². The van der Waals surface area contributed by atoms with Crippen molar-refractivity contribution in [2.45, 2.75) is 60.0 Å². The molecule has 0 saturated carbocycles. The lowest BCUT2D eigenvalue weighted by atomic mass is 9.80. The molecule has 1 rings (SSSR count). The van der Waals surface area contributed by atoms with Crippen LogP contribution in [0.4, 0.5) is 0 Å². The fourth-order valence-electron chi connectivity index (χ4n) is 2.33. The molecule has 2 N–H and O–H groups in total. The minimum Gasteiger partial charge on any atom is -0.504 e. The second-order valence-corrected chi connectivity index (χ2v) is 7.58. The highest BCUT2D eigenvalue weighted by Gasteiger charge is 2.30. The second-order valence-electron chi connectivity index (χ2n) is 7.58. The summed E-state index contributed by atoms with van der Waals surface area (Å²) in [5, 5.41) is 13.7. The molecule has 20 heavy (non-hydrogen) atoms. The number of phenols is 1. The lowest BCUT2D eigenvalue weighted by molar-refractivity contribution is 0.221. The van der Waals surface area contributed by atoms with Gasteiger partial charge in [-0.3, -0.25) is 0 Å². The lowest BCUT2D eigenvalue weighted by Gasteiger charge is -2.38. The summed E-state index contributed by atoms with van der Waals surface area (Å²) < 4.78 is 5.28. The van der Waals surface area contributed by atoms with Crippen LogP contribution >= 0.6 is 0 Å². The summed E-state index contributed by atoms with van der Waals surface area (Å²) in [5.41, 5.74) is 2.04. The van der Waals surface area contributed by atoms with E-state index in [9.17, 15) is 5.11 Å². The van der Waals surface area contributed by atoms with Crippen LogP contribution in [0.15, 0.2) is 12.1 Å². The van der Waals surface area contributed by atoms with Crippen molar-refractivity contribution in [1.82, 2.24) is 5.32 Å². The molecule has 0 amide bonds. The Morgan fingerprint density at radius 1 is 1.10 bits per heavy atom. The zero-order chi connectivity index (χ0) is 15.7. The summed E-state index contributed by atoms with van der Waals surface area (Å²) in [7, 11) is 1.58. The molecule has 0 bridgehead atoms. The molecule has 0 heterocycles. The van der Waals surface area contributed by atoms with Crippen molar-refractivity contribution >= 4 is 0 Å². The average Bonchev–Trinajstić information content (AvgIpc) is 2.27. The molecule has 0 fully saturated rings. The highest BCUT2D eigenvalue weighted by atomic mass is 16.5. The first-order chi connectivity index (χ1) is 8.95. The van der Waals surface area contributed by atoms with Crippen LogP contribution in [-0.4, -0.2) is 17.8 Å². The van der Waals surface area contributed by atoms with E-state index in [1.807, 2.05) is 19.1 Å². The van der Waals surface area contributed by atoms with Crippen molar-refractivity contribution in [3.63, 3.8) is 0 Å². The number of aryl methyl sites for hydroxylation is 1. The maximum Gasteiger partial charge on any atom is 0.161 e. The Bertz CT molecular complexity index is 467. The minimum atomic E-state index is 0.0109. The third-order valence-electron chi connectivity index (χ3n) is 3.28. The molecule has 0 radical (unpaired) electrons. The van der Waals surface area contributed by atoms with Crippen molar-refractivity contribution in [1.29, 1.82) is 0 Å². The molecule has 114 valence electrons. The van der Waals surface area contributed by atoms with Gasteiger partial charge in [-0.2, -0.15) is 0 Å². The fourth-order valence-corrected chi connectivity index (χ4v) is 2.33. The van der Waals surface area contributed by atoms with E-state index in [2.05, 4.69) is 46.9 Å². The van der Waals surface area contributed by atoms with Crippen LogP contribution in [-0.2, 0) is 0 Å². The Morgan fingerprint density at radius 3 is 2.05 bits per heavy atom. The maximum atomic E-state index is 9.99. The summed E-state index contributed by atoms with van der Waals surface area (Å²) in [6.07, 6.45) is 0. The molecule has 3 heteroatoms. The third-order valence-corrected chi connectivity index (χ3v) is 3.28. The standard InChI is InChI=1S/C17H29NO2/c1-11-9-12(10-13(20-8)14(11)19)15(16(2,3)4)18-17(5,6)7/h9-10,15,18-19H,1-8H3. The van der Waals surface area contributed by atoms with Crippen molar-refractivity contribution in [2.24, 2.45) is 5.41 Å². The van der Waals surface area contributed by atoms with E-state index in [-0.39, 0.29) is 22.7 Å². The molecule has 0 spiro atoms. The molecular weight excluding hydrogens is 250 g/mol. The van der Waals surface area contributed by atoms with Crippen molar-refractivity contribution in [3.8, 4) is 11.5 Å². The van der Waals surface area contributed by atoms with Gasteiger partial charge in [-0.15, -0.1) is 0 Å². The van der Waals surface area contributed by atoms with Crippen LogP contribution in [0, 0.1) is 12.3 Å². The van der Waals surface area contributed by atoms with E-state index in [1.165, 1.54) is 0 Å². The Labute approximate surface area is 123 Å². The van der Waals surface area contributed by atoms with Crippen LogP contribution in [0.3, 0.4) is 0 Å². The number of benzene rings is 1. The van der Waals surface area contributed by atoms with Gasteiger partial charge in [0.05, 0.1) is 7.11 Å². The molecule has 1 unspecified atom stereocenters. The van der Waals surface area contributed by atoms with E-state index in [4.69, 9.17) is 4.74 Å². The summed E-state index contributed by atoms with van der Waals surface area (Å²) in [4.78, 5) is 0. The summed E-state index contributed by atoms with van der Waals surface area (Å²) >= 11 is 0. The Hall–Kier alpha value is -1.22. The number of hydrogen-bond donors (Lipinski definition) is 2. The Balaban J connectivity index is 3.31. The number of ether oxygens (including phenoxy) is 1. The van der Waals surface area contributed by atoms with Gasteiger partial charge < -0.3 is 15.2 Å². The van der Waals surface area contributed by atoms with E-state index in [0.29, 0.717) is 5.75 Å². The van der Waals surface area contributed by atoms with Gasteiger partial charge in [0.2, 0.25) is 0 Å². The van der Waals surface area contributed by atoms with Crippen molar-refractivity contribution < 1.29 is 9.84 Å². The van der Waals surface area contributed by atoms with Gasteiger partial charge >= 0.3 is 0 Å². The maximum absolute atomic E-state index is 9.99. The molecule has 0 aliphatic rings. The SMILES string of the molecule is COc1cc(C(NC(C)(C)C)C(C)(C)C)cc(C)c1O. The summed E-state index contributed by atoms with van der Waals surface area (Å²) in [6.45, 7) is 15.0. The van der Waals surface area contributed by atoms with Gasteiger partial charge in [0.1, 0.15) is 0 Å². The van der Waals surface area contributed by atoms with Crippen LogP contribution in [0.2, 0.25) is 0 Å². The average molecular weight is 279 g/mol. The number of methoxy groups -OCH3 is 1. The first kappa shape index (κ1) is 16.8. The highest BCUT2D eigenvalue weighted by molar-refractivity contribution is 5.48. The number of phenolic OH excluding ortho intramolecular Hbond substituents is 1. The van der Waals surface area contributed by atoms with Gasteiger partial charge in [-0.05, 0) is 50.3 Å². The lowest BCUT2D eigenvalue weighted by Crippen LogP contribution is -2.44. The first-order valence-electron chi connectivity index (χ1n) is 7.11. The van der Waals surface area contributed by atoms with Crippen LogP contribution in [0.5, 0.6) is 11.5 Å². The molecule has 0 aromatic heterocycles. The van der Waals surface area contributed by atoms with E-state index < -0.39 is 0 Å².